The minimum absolute atomic E-state index is 0.411. The molecule has 2 aromatic rings. The highest BCUT2D eigenvalue weighted by molar-refractivity contribution is 5.86. The number of benzene rings is 1. The summed E-state index contributed by atoms with van der Waals surface area (Å²) in [7, 11) is 1.87. The van der Waals surface area contributed by atoms with Gasteiger partial charge in [0.15, 0.2) is 5.96 Å². The minimum Gasteiger partial charge on any atom is -0.378 e. The molecule has 0 unspecified atom stereocenters. The Labute approximate surface area is 150 Å². The van der Waals surface area contributed by atoms with Crippen LogP contribution < -0.4 is 5.32 Å². The van der Waals surface area contributed by atoms with Gasteiger partial charge in [-0.15, -0.1) is 0 Å². The van der Waals surface area contributed by atoms with Gasteiger partial charge in [-0.1, -0.05) is 18.2 Å². The Morgan fingerprint density at radius 3 is 2.88 bits per heavy atom. The van der Waals surface area contributed by atoms with Crippen LogP contribution in [0.4, 0.5) is 0 Å². The summed E-state index contributed by atoms with van der Waals surface area (Å²) in [6, 6.07) is 6.47. The van der Waals surface area contributed by atoms with Gasteiger partial charge < -0.3 is 19.9 Å². The molecule has 0 atom stereocenters. The maximum absolute atomic E-state index is 5.73. The molecule has 5 nitrogen and oxygen atoms in total. The van der Waals surface area contributed by atoms with Gasteiger partial charge in [-0.3, -0.25) is 4.99 Å². The van der Waals surface area contributed by atoms with Crippen molar-refractivity contribution in [2.45, 2.75) is 39.2 Å². The largest absolute Gasteiger partial charge is 0.378 e. The van der Waals surface area contributed by atoms with Gasteiger partial charge in [-0.05, 0) is 44.2 Å². The van der Waals surface area contributed by atoms with Crippen LogP contribution in [0.1, 0.15) is 30.9 Å². The van der Waals surface area contributed by atoms with E-state index in [0.29, 0.717) is 6.10 Å². The van der Waals surface area contributed by atoms with E-state index in [1.54, 1.807) is 0 Å². The lowest BCUT2D eigenvalue weighted by Gasteiger charge is -2.34. The van der Waals surface area contributed by atoms with Crippen LogP contribution in [0.2, 0.25) is 0 Å². The molecule has 1 aromatic carbocycles. The van der Waals surface area contributed by atoms with E-state index in [1.165, 1.54) is 22.0 Å². The van der Waals surface area contributed by atoms with Crippen LogP contribution in [0.5, 0.6) is 0 Å². The van der Waals surface area contributed by atoms with Crippen LogP contribution in [0.25, 0.3) is 10.9 Å². The molecule has 1 fully saturated rings. The highest BCUT2D eigenvalue weighted by Gasteiger charge is 2.21. The third-order valence-corrected chi connectivity index (χ3v) is 5.04. The lowest BCUT2D eigenvalue weighted by molar-refractivity contribution is 0.0264. The molecule has 0 spiro atoms. The second-order valence-electron chi connectivity index (χ2n) is 6.68. The molecule has 3 rings (SSSR count). The Hall–Kier alpha value is -2.01. The smallest absolute Gasteiger partial charge is 0.193 e. The molecular formula is C20H30N4O. The van der Waals surface area contributed by atoms with Gasteiger partial charge in [0.25, 0.3) is 0 Å². The zero-order chi connectivity index (χ0) is 17.6. The van der Waals surface area contributed by atoms with E-state index in [-0.39, 0.29) is 0 Å². The molecule has 0 bridgehead atoms. The molecule has 0 radical (unpaired) electrons. The maximum atomic E-state index is 5.73. The Kier molecular flexibility index (Phi) is 5.97. The number of fused-ring (bicyclic) bond motifs is 1. The first-order valence-corrected chi connectivity index (χ1v) is 9.35. The van der Waals surface area contributed by atoms with Gasteiger partial charge in [-0.2, -0.15) is 0 Å². The van der Waals surface area contributed by atoms with Crippen LogP contribution in [0.3, 0.4) is 0 Å². The molecule has 1 aliphatic heterocycles. The Morgan fingerprint density at radius 1 is 1.36 bits per heavy atom. The zero-order valence-corrected chi connectivity index (χ0v) is 15.6. The number of aromatic nitrogens is 1. The first kappa shape index (κ1) is 17.8. The SMILES string of the molecule is CCOC1CCN(C(=NC)NCCc2c[nH]c3c(C)cccc23)CC1. The van der Waals surface area contributed by atoms with Gasteiger partial charge in [0, 0.05) is 50.4 Å². The predicted molar refractivity (Wildman–Crippen MR) is 104 cm³/mol. The molecule has 25 heavy (non-hydrogen) atoms. The number of rotatable bonds is 5. The maximum Gasteiger partial charge on any atom is 0.193 e. The molecule has 1 aliphatic rings. The summed E-state index contributed by atoms with van der Waals surface area (Å²) in [5, 5.41) is 4.85. The normalized spacial score (nSPS) is 16.6. The van der Waals surface area contributed by atoms with Crippen LogP contribution in [-0.4, -0.2) is 55.2 Å². The molecule has 2 heterocycles. The molecule has 0 aliphatic carbocycles. The Morgan fingerprint density at radius 2 is 2.16 bits per heavy atom. The monoisotopic (exact) mass is 342 g/mol. The number of nitrogens with zero attached hydrogens (tertiary/aromatic N) is 2. The summed E-state index contributed by atoms with van der Waals surface area (Å²) in [4.78, 5) is 10.2. The first-order chi connectivity index (χ1) is 12.2. The highest BCUT2D eigenvalue weighted by Crippen LogP contribution is 2.21. The van der Waals surface area contributed by atoms with Gasteiger partial charge in [-0.25, -0.2) is 0 Å². The van der Waals surface area contributed by atoms with Crippen molar-refractivity contribution in [1.82, 2.24) is 15.2 Å². The number of para-hydroxylation sites is 1. The van der Waals surface area contributed by atoms with Crippen LogP contribution in [0, 0.1) is 6.92 Å². The fraction of sp³-hybridized carbons (Fsp3) is 0.550. The summed E-state index contributed by atoms with van der Waals surface area (Å²) >= 11 is 0. The number of piperidine rings is 1. The molecule has 136 valence electrons. The summed E-state index contributed by atoms with van der Waals surface area (Å²) in [6.07, 6.45) is 5.69. The lowest BCUT2D eigenvalue weighted by atomic mass is 10.1. The number of guanidine groups is 1. The van der Waals surface area contributed by atoms with E-state index in [2.05, 4.69) is 58.4 Å². The zero-order valence-electron chi connectivity index (χ0n) is 15.6. The quantitative estimate of drug-likeness (QED) is 0.648. The number of aliphatic imine (C=N–C) groups is 1. The molecular weight excluding hydrogens is 312 g/mol. The van der Waals surface area contributed by atoms with Gasteiger partial charge in [0.1, 0.15) is 0 Å². The Balaban J connectivity index is 1.53. The summed E-state index contributed by atoms with van der Waals surface area (Å²) in [5.74, 6) is 1.01. The average molecular weight is 342 g/mol. The summed E-state index contributed by atoms with van der Waals surface area (Å²) in [5.41, 5.74) is 3.90. The second kappa shape index (κ2) is 8.39. The Bertz CT molecular complexity index is 714. The number of aromatic amines is 1. The summed E-state index contributed by atoms with van der Waals surface area (Å²) < 4.78 is 5.73. The third-order valence-electron chi connectivity index (χ3n) is 5.04. The predicted octanol–water partition coefficient (Wildman–Crippen LogP) is 3.10. The van der Waals surface area contributed by atoms with Crippen molar-refractivity contribution in [2.75, 3.05) is 33.3 Å². The van der Waals surface area contributed by atoms with Crippen molar-refractivity contribution >= 4 is 16.9 Å². The van der Waals surface area contributed by atoms with E-state index in [4.69, 9.17) is 4.74 Å². The number of hydrogen-bond acceptors (Lipinski definition) is 2. The fourth-order valence-electron chi connectivity index (χ4n) is 3.68. The summed E-state index contributed by atoms with van der Waals surface area (Å²) in [6.45, 7) is 7.93. The van der Waals surface area contributed by atoms with Crippen molar-refractivity contribution in [3.8, 4) is 0 Å². The number of nitrogens with one attached hydrogen (secondary N) is 2. The number of H-pyrrole nitrogens is 1. The third kappa shape index (κ3) is 4.15. The van der Waals surface area contributed by atoms with Crippen LogP contribution in [0.15, 0.2) is 29.4 Å². The number of aryl methyl sites for hydroxylation is 1. The van der Waals surface area contributed by atoms with E-state index < -0.39 is 0 Å². The highest BCUT2D eigenvalue weighted by atomic mass is 16.5. The number of ether oxygens (including phenoxy) is 1. The van der Waals surface area contributed by atoms with E-state index in [9.17, 15) is 0 Å². The topological polar surface area (TPSA) is 52.6 Å². The standard InChI is InChI=1S/C20H30N4O/c1-4-25-17-9-12-24(13-10-17)20(21-3)22-11-8-16-14-23-19-15(2)6-5-7-18(16)19/h5-7,14,17,23H,4,8-13H2,1-3H3,(H,21,22). The molecule has 0 amide bonds. The van der Waals surface area contributed by atoms with Crippen molar-refractivity contribution in [3.05, 3.63) is 35.5 Å². The molecule has 2 N–H and O–H groups in total. The van der Waals surface area contributed by atoms with Crippen molar-refractivity contribution in [1.29, 1.82) is 0 Å². The molecule has 1 aromatic heterocycles. The van der Waals surface area contributed by atoms with E-state index in [0.717, 1.165) is 51.5 Å². The van der Waals surface area contributed by atoms with Crippen molar-refractivity contribution in [3.63, 3.8) is 0 Å². The average Bonchev–Trinajstić information content (AvgIpc) is 3.05. The fourth-order valence-corrected chi connectivity index (χ4v) is 3.68. The van der Waals surface area contributed by atoms with Gasteiger partial charge in [0.05, 0.1) is 6.10 Å². The van der Waals surface area contributed by atoms with Crippen LogP contribution >= 0.6 is 0 Å². The molecule has 0 saturated carbocycles. The number of hydrogen-bond donors (Lipinski definition) is 2. The minimum atomic E-state index is 0.411. The van der Waals surface area contributed by atoms with Crippen LogP contribution in [-0.2, 0) is 11.2 Å². The van der Waals surface area contributed by atoms with Gasteiger partial charge in [0.2, 0.25) is 0 Å². The van der Waals surface area contributed by atoms with Gasteiger partial charge >= 0.3 is 0 Å². The molecule has 5 heteroatoms. The van der Waals surface area contributed by atoms with Crippen molar-refractivity contribution in [2.24, 2.45) is 4.99 Å². The first-order valence-electron chi connectivity index (χ1n) is 9.35. The van der Waals surface area contributed by atoms with E-state index in [1.807, 2.05) is 7.05 Å². The second-order valence-corrected chi connectivity index (χ2v) is 6.68. The number of likely N-dealkylation sites (tertiary alicyclic amines) is 1. The molecule has 1 saturated heterocycles. The van der Waals surface area contributed by atoms with E-state index >= 15 is 0 Å². The van der Waals surface area contributed by atoms with Crippen molar-refractivity contribution < 1.29 is 4.74 Å². The lowest BCUT2D eigenvalue weighted by Crippen LogP contribution is -2.47.